The number of carbonyl (C=O) groups excluding carboxylic acids is 1. The number of rotatable bonds is 4. The fraction of sp³-hybridized carbons (Fsp3) is 0.900. The summed E-state index contributed by atoms with van der Waals surface area (Å²) in [5.41, 5.74) is 5.42. The molecule has 1 aliphatic rings. The molecule has 1 rings (SSSR count). The highest BCUT2D eigenvalue weighted by atomic mass is 16.2. The van der Waals surface area contributed by atoms with E-state index in [4.69, 9.17) is 5.73 Å². The van der Waals surface area contributed by atoms with Gasteiger partial charge in [-0.15, -0.1) is 0 Å². The minimum atomic E-state index is -0.577. The van der Waals surface area contributed by atoms with Crippen molar-refractivity contribution in [2.75, 3.05) is 27.2 Å². The fourth-order valence-electron chi connectivity index (χ4n) is 1.80. The zero-order valence-corrected chi connectivity index (χ0v) is 9.18. The van der Waals surface area contributed by atoms with Gasteiger partial charge in [-0.25, -0.2) is 0 Å². The van der Waals surface area contributed by atoms with Crippen molar-refractivity contribution in [3.8, 4) is 0 Å². The third kappa shape index (κ3) is 2.96. The van der Waals surface area contributed by atoms with Gasteiger partial charge in [0.25, 0.3) is 0 Å². The first-order valence-corrected chi connectivity index (χ1v) is 5.26. The van der Waals surface area contributed by atoms with E-state index in [9.17, 15) is 4.79 Å². The van der Waals surface area contributed by atoms with E-state index in [1.165, 1.54) is 0 Å². The lowest BCUT2D eigenvalue weighted by Crippen LogP contribution is -2.52. The Morgan fingerprint density at radius 2 is 2.00 bits per heavy atom. The van der Waals surface area contributed by atoms with Crippen molar-refractivity contribution < 1.29 is 4.79 Å². The van der Waals surface area contributed by atoms with Crippen LogP contribution in [-0.4, -0.2) is 43.5 Å². The molecule has 0 aromatic heterocycles. The second-order valence-corrected chi connectivity index (χ2v) is 4.42. The summed E-state index contributed by atoms with van der Waals surface area (Å²) >= 11 is 0. The van der Waals surface area contributed by atoms with Gasteiger partial charge in [-0.2, -0.15) is 0 Å². The van der Waals surface area contributed by atoms with Crippen molar-refractivity contribution in [1.29, 1.82) is 0 Å². The van der Waals surface area contributed by atoms with Crippen LogP contribution in [0, 0.1) is 0 Å². The van der Waals surface area contributed by atoms with Gasteiger partial charge >= 0.3 is 0 Å². The summed E-state index contributed by atoms with van der Waals surface area (Å²) in [6.07, 6.45) is 3.83. The lowest BCUT2D eigenvalue weighted by Gasteiger charge is -2.22. The normalized spacial score (nSPS) is 20.0. The monoisotopic (exact) mass is 199 g/mol. The molecule has 0 heterocycles. The van der Waals surface area contributed by atoms with E-state index in [2.05, 4.69) is 5.32 Å². The first-order chi connectivity index (χ1) is 6.54. The predicted molar refractivity (Wildman–Crippen MR) is 57.0 cm³/mol. The van der Waals surface area contributed by atoms with E-state index in [1.807, 2.05) is 19.0 Å². The Kier molecular flexibility index (Phi) is 3.89. The van der Waals surface area contributed by atoms with Gasteiger partial charge in [0.1, 0.15) is 0 Å². The van der Waals surface area contributed by atoms with Gasteiger partial charge in [0.2, 0.25) is 5.91 Å². The Labute approximate surface area is 85.8 Å². The maximum atomic E-state index is 11.7. The van der Waals surface area contributed by atoms with E-state index < -0.39 is 5.54 Å². The number of hydrogen-bond acceptors (Lipinski definition) is 3. The smallest absolute Gasteiger partial charge is 0.240 e. The summed E-state index contributed by atoms with van der Waals surface area (Å²) in [7, 11) is 3.97. The standard InChI is InChI=1S/C10H21N3O/c1-13(2)8-7-12-9(14)10(11)5-3-4-6-10/h3-8,11H2,1-2H3,(H,12,14). The molecule has 1 amide bonds. The molecule has 3 N–H and O–H groups in total. The first-order valence-electron chi connectivity index (χ1n) is 5.26. The van der Waals surface area contributed by atoms with Gasteiger partial charge in [0, 0.05) is 13.1 Å². The van der Waals surface area contributed by atoms with E-state index in [1.54, 1.807) is 0 Å². The van der Waals surface area contributed by atoms with Crippen LogP contribution in [-0.2, 0) is 4.79 Å². The Hall–Kier alpha value is -0.610. The first kappa shape index (κ1) is 11.5. The number of hydrogen-bond donors (Lipinski definition) is 2. The van der Waals surface area contributed by atoms with Crippen molar-refractivity contribution in [1.82, 2.24) is 10.2 Å². The summed E-state index contributed by atoms with van der Waals surface area (Å²) in [6.45, 7) is 1.55. The number of nitrogens with zero attached hydrogens (tertiary/aromatic N) is 1. The second kappa shape index (κ2) is 4.75. The summed E-state index contributed by atoms with van der Waals surface area (Å²) in [6, 6.07) is 0. The fourth-order valence-corrected chi connectivity index (χ4v) is 1.80. The molecule has 4 heteroatoms. The lowest BCUT2D eigenvalue weighted by molar-refractivity contribution is -0.126. The SMILES string of the molecule is CN(C)CCNC(=O)C1(N)CCCC1. The molecular weight excluding hydrogens is 178 g/mol. The van der Waals surface area contributed by atoms with Gasteiger partial charge < -0.3 is 16.0 Å². The highest BCUT2D eigenvalue weighted by Gasteiger charge is 2.36. The van der Waals surface area contributed by atoms with E-state index in [0.717, 1.165) is 32.2 Å². The zero-order chi connectivity index (χ0) is 10.6. The van der Waals surface area contributed by atoms with Gasteiger partial charge in [-0.3, -0.25) is 4.79 Å². The zero-order valence-electron chi connectivity index (χ0n) is 9.18. The molecule has 0 aromatic carbocycles. The van der Waals surface area contributed by atoms with Crippen LogP contribution in [0.5, 0.6) is 0 Å². The van der Waals surface area contributed by atoms with Crippen molar-refractivity contribution in [2.24, 2.45) is 5.73 Å². The molecule has 0 spiro atoms. The lowest BCUT2D eigenvalue weighted by atomic mass is 9.98. The third-order valence-corrected chi connectivity index (χ3v) is 2.79. The Morgan fingerprint density at radius 1 is 1.43 bits per heavy atom. The van der Waals surface area contributed by atoms with Crippen LogP contribution in [0.25, 0.3) is 0 Å². The Morgan fingerprint density at radius 3 is 2.50 bits per heavy atom. The average Bonchev–Trinajstić information content (AvgIpc) is 2.52. The molecular formula is C10H21N3O. The molecule has 0 radical (unpaired) electrons. The average molecular weight is 199 g/mol. The molecule has 1 saturated carbocycles. The molecule has 1 aliphatic carbocycles. The van der Waals surface area contributed by atoms with Crippen LogP contribution in [0.4, 0.5) is 0 Å². The maximum Gasteiger partial charge on any atom is 0.240 e. The molecule has 0 saturated heterocycles. The number of amides is 1. The van der Waals surface area contributed by atoms with E-state index in [0.29, 0.717) is 6.54 Å². The Balaban J connectivity index is 2.27. The topological polar surface area (TPSA) is 58.4 Å². The second-order valence-electron chi connectivity index (χ2n) is 4.42. The predicted octanol–water partition coefficient (Wildman–Crippen LogP) is -0.0643. The minimum Gasteiger partial charge on any atom is -0.353 e. The molecule has 14 heavy (non-hydrogen) atoms. The van der Waals surface area contributed by atoms with Crippen LogP contribution in [0.15, 0.2) is 0 Å². The molecule has 0 aromatic rings. The molecule has 0 bridgehead atoms. The number of carbonyl (C=O) groups is 1. The van der Waals surface area contributed by atoms with Gasteiger partial charge in [0.05, 0.1) is 5.54 Å². The van der Waals surface area contributed by atoms with E-state index in [-0.39, 0.29) is 5.91 Å². The molecule has 0 aliphatic heterocycles. The van der Waals surface area contributed by atoms with Crippen LogP contribution in [0.2, 0.25) is 0 Å². The van der Waals surface area contributed by atoms with Gasteiger partial charge in [0.15, 0.2) is 0 Å². The number of nitrogens with one attached hydrogen (secondary N) is 1. The van der Waals surface area contributed by atoms with Crippen LogP contribution in [0.3, 0.4) is 0 Å². The van der Waals surface area contributed by atoms with Crippen molar-refractivity contribution in [3.05, 3.63) is 0 Å². The largest absolute Gasteiger partial charge is 0.353 e. The summed E-state index contributed by atoms with van der Waals surface area (Å²) in [4.78, 5) is 13.7. The summed E-state index contributed by atoms with van der Waals surface area (Å²) in [5, 5.41) is 2.89. The maximum absolute atomic E-state index is 11.7. The highest BCUT2D eigenvalue weighted by Crippen LogP contribution is 2.26. The van der Waals surface area contributed by atoms with Crippen LogP contribution in [0.1, 0.15) is 25.7 Å². The van der Waals surface area contributed by atoms with Crippen molar-refractivity contribution >= 4 is 5.91 Å². The summed E-state index contributed by atoms with van der Waals surface area (Å²) in [5.74, 6) is 0.0249. The molecule has 4 nitrogen and oxygen atoms in total. The number of nitrogens with two attached hydrogens (primary N) is 1. The molecule has 0 unspecified atom stereocenters. The quantitative estimate of drug-likeness (QED) is 0.666. The van der Waals surface area contributed by atoms with Crippen LogP contribution < -0.4 is 11.1 Å². The molecule has 1 fully saturated rings. The number of likely N-dealkylation sites (N-methyl/N-ethyl adjacent to an activating group) is 1. The van der Waals surface area contributed by atoms with Gasteiger partial charge in [-0.1, -0.05) is 12.8 Å². The van der Waals surface area contributed by atoms with Crippen molar-refractivity contribution in [3.63, 3.8) is 0 Å². The van der Waals surface area contributed by atoms with Crippen molar-refractivity contribution in [2.45, 2.75) is 31.2 Å². The highest BCUT2D eigenvalue weighted by molar-refractivity contribution is 5.86. The third-order valence-electron chi connectivity index (χ3n) is 2.79. The summed E-state index contributed by atoms with van der Waals surface area (Å²) < 4.78 is 0. The van der Waals surface area contributed by atoms with E-state index >= 15 is 0 Å². The minimum absolute atomic E-state index is 0.0249. The molecule has 0 atom stereocenters. The van der Waals surface area contributed by atoms with Crippen LogP contribution >= 0.6 is 0 Å². The molecule has 82 valence electrons. The van der Waals surface area contributed by atoms with Gasteiger partial charge in [-0.05, 0) is 26.9 Å². The Bertz CT molecular complexity index is 198.